The quantitative estimate of drug-likeness (QED) is 0.265. The minimum Gasteiger partial charge on any atom is -0.497 e. The maximum absolute atomic E-state index is 13.8. The Balaban J connectivity index is 1.82. The summed E-state index contributed by atoms with van der Waals surface area (Å²) in [5.41, 5.74) is 1.58. The van der Waals surface area contributed by atoms with Crippen molar-refractivity contribution < 1.29 is 27.9 Å². The van der Waals surface area contributed by atoms with Crippen molar-refractivity contribution in [2.45, 2.75) is 24.1 Å². The molecular formula is C27H24N2O6S2. The number of rotatable bonds is 9. The fraction of sp³-hybridized carbons (Fsp3) is 0.148. The van der Waals surface area contributed by atoms with Crippen LogP contribution < -0.4 is 10.1 Å². The number of aryl methyl sites for hydroxylation is 1. The highest BCUT2D eigenvalue weighted by Crippen LogP contribution is 2.37. The van der Waals surface area contributed by atoms with E-state index >= 15 is 0 Å². The molecule has 2 aromatic heterocycles. The van der Waals surface area contributed by atoms with Crippen LogP contribution in [0.2, 0.25) is 0 Å². The van der Waals surface area contributed by atoms with Crippen LogP contribution in [0, 0.1) is 6.92 Å². The third-order valence-corrected chi connectivity index (χ3v) is 8.94. The summed E-state index contributed by atoms with van der Waals surface area (Å²) in [6.07, 6.45) is 2.96. The topological polar surface area (TPSA) is 123 Å². The third-order valence-electron chi connectivity index (χ3n) is 5.76. The molecule has 0 amide bonds. The van der Waals surface area contributed by atoms with Crippen molar-refractivity contribution in [2.75, 3.05) is 12.4 Å². The molecule has 0 saturated heterocycles. The smallest absolute Gasteiger partial charge is 0.337 e. The van der Waals surface area contributed by atoms with Crippen LogP contribution in [0.1, 0.15) is 43.5 Å². The second-order valence-corrected chi connectivity index (χ2v) is 11.4. The molecular weight excluding hydrogens is 512 g/mol. The lowest BCUT2D eigenvalue weighted by molar-refractivity contribution is 0.0697. The second-order valence-electron chi connectivity index (χ2n) is 8.27. The molecule has 2 aromatic carbocycles. The number of anilines is 1. The van der Waals surface area contributed by atoms with Gasteiger partial charge in [-0.3, -0.25) is 9.78 Å². The molecule has 0 spiro atoms. The summed E-state index contributed by atoms with van der Waals surface area (Å²) in [6, 6.07) is 15.9. The number of carboxylic acids is 1. The van der Waals surface area contributed by atoms with Crippen molar-refractivity contribution in [3.05, 3.63) is 94.6 Å². The van der Waals surface area contributed by atoms with Crippen LogP contribution in [0.3, 0.4) is 0 Å². The molecule has 0 fully saturated rings. The van der Waals surface area contributed by atoms with Gasteiger partial charge in [-0.2, -0.15) is 0 Å². The number of sulfone groups is 1. The summed E-state index contributed by atoms with van der Waals surface area (Å²) in [4.78, 5) is 29.4. The number of carbonyl (C=O) groups excluding carboxylic acids is 1. The summed E-state index contributed by atoms with van der Waals surface area (Å²) in [5, 5.41) is 11.7. The van der Waals surface area contributed by atoms with Crippen LogP contribution in [0.25, 0.3) is 10.4 Å². The number of ketones is 1. The number of aromatic nitrogens is 1. The van der Waals surface area contributed by atoms with Gasteiger partial charge < -0.3 is 15.2 Å². The predicted molar refractivity (Wildman–Crippen MR) is 142 cm³/mol. The lowest BCUT2D eigenvalue weighted by atomic mass is 10.0. The number of aromatic carboxylic acids is 1. The van der Waals surface area contributed by atoms with Gasteiger partial charge in [-0.15, -0.1) is 11.3 Å². The number of benzene rings is 2. The van der Waals surface area contributed by atoms with Crippen molar-refractivity contribution in [3.8, 4) is 16.2 Å². The second kappa shape index (κ2) is 10.5. The molecule has 0 saturated carbocycles. The Morgan fingerprint density at radius 1 is 1.08 bits per heavy atom. The third kappa shape index (κ3) is 5.40. The van der Waals surface area contributed by atoms with Gasteiger partial charge in [-0.1, -0.05) is 6.07 Å². The Hall–Kier alpha value is -4.02. The molecule has 10 heteroatoms. The van der Waals surface area contributed by atoms with Crippen molar-refractivity contribution in [2.24, 2.45) is 0 Å². The first-order valence-electron chi connectivity index (χ1n) is 11.2. The molecule has 1 unspecified atom stereocenters. The Bertz CT molecular complexity index is 1560. The zero-order valence-corrected chi connectivity index (χ0v) is 21.9. The number of carbonyl (C=O) groups is 2. The van der Waals surface area contributed by atoms with E-state index in [0.717, 1.165) is 4.88 Å². The Labute approximate surface area is 218 Å². The predicted octanol–water partition coefficient (Wildman–Crippen LogP) is 5.61. The monoisotopic (exact) mass is 536 g/mol. The first kappa shape index (κ1) is 26.1. The molecule has 2 N–H and O–H groups in total. The minimum atomic E-state index is -4.04. The van der Waals surface area contributed by atoms with Crippen molar-refractivity contribution in [1.82, 2.24) is 4.98 Å². The summed E-state index contributed by atoms with van der Waals surface area (Å²) < 4.78 is 32.7. The summed E-state index contributed by atoms with van der Waals surface area (Å²) in [7, 11) is -2.55. The van der Waals surface area contributed by atoms with E-state index in [1.165, 1.54) is 56.0 Å². The van der Waals surface area contributed by atoms with Gasteiger partial charge >= 0.3 is 5.97 Å². The molecule has 2 heterocycles. The van der Waals surface area contributed by atoms with E-state index < -0.39 is 21.2 Å². The molecule has 0 aliphatic carbocycles. The SMILES string of the molecule is COc1ccc(S(=O)(=O)C(Nc2c(C)cc(-c3ccc(C(C)=O)s3)cc2C(=O)O)c2cccnc2)cc1. The first-order chi connectivity index (χ1) is 17.6. The fourth-order valence-electron chi connectivity index (χ4n) is 3.88. The highest BCUT2D eigenvalue weighted by atomic mass is 32.2. The maximum atomic E-state index is 13.8. The summed E-state index contributed by atoms with van der Waals surface area (Å²) in [6.45, 7) is 3.18. The number of ether oxygens (including phenoxy) is 1. The molecule has 8 nitrogen and oxygen atoms in total. The van der Waals surface area contributed by atoms with E-state index in [9.17, 15) is 23.1 Å². The van der Waals surface area contributed by atoms with Crippen LogP contribution in [-0.4, -0.2) is 37.4 Å². The molecule has 190 valence electrons. The van der Waals surface area contributed by atoms with E-state index in [1.807, 2.05) is 0 Å². The lowest BCUT2D eigenvalue weighted by Gasteiger charge is -2.23. The van der Waals surface area contributed by atoms with Gasteiger partial charge in [0.05, 0.1) is 28.1 Å². The molecule has 37 heavy (non-hydrogen) atoms. The Kier molecular flexibility index (Phi) is 7.42. The molecule has 0 radical (unpaired) electrons. The maximum Gasteiger partial charge on any atom is 0.337 e. The molecule has 0 aliphatic heterocycles. The average molecular weight is 537 g/mol. The minimum absolute atomic E-state index is 0.0381. The first-order valence-corrected chi connectivity index (χ1v) is 13.5. The van der Waals surface area contributed by atoms with Gasteiger partial charge in [0, 0.05) is 22.8 Å². The van der Waals surface area contributed by atoms with Gasteiger partial charge in [-0.05, 0) is 79.6 Å². The molecule has 0 aliphatic rings. The molecule has 4 rings (SSSR count). The van der Waals surface area contributed by atoms with Crippen LogP contribution >= 0.6 is 11.3 Å². The Morgan fingerprint density at radius 3 is 2.38 bits per heavy atom. The van der Waals surface area contributed by atoms with Crippen LogP contribution in [0.5, 0.6) is 5.75 Å². The number of hydrogen-bond acceptors (Lipinski definition) is 8. The van der Waals surface area contributed by atoms with Crippen molar-refractivity contribution in [3.63, 3.8) is 0 Å². The number of hydrogen-bond donors (Lipinski definition) is 2. The van der Waals surface area contributed by atoms with Gasteiger partial charge in [0.15, 0.2) is 11.2 Å². The number of methoxy groups -OCH3 is 1. The molecule has 4 aromatic rings. The molecule has 0 bridgehead atoms. The van der Waals surface area contributed by atoms with Gasteiger partial charge in [0.25, 0.3) is 0 Å². The normalized spacial score (nSPS) is 12.1. The van der Waals surface area contributed by atoms with Crippen LogP contribution in [0.4, 0.5) is 5.69 Å². The number of nitrogens with one attached hydrogen (secondary N) is 1. The van der Waals surface area contributed by atoms with E-state index in [4.69, 9.17) is 4.74 Å². The largest absolute Gasteiger partial charge is 0.497 e. The average Bonchev–Trinajstić information content (AvgIpc) is 3.39. The van der Waals surface area contributed by atoms with E-state index in [0.29, 0.717) is 27.3 Å². The highest BCUT2D eigenvalue weighted by Gasteiger charge is 2.31. The van der Waals surface area contributed by atoms with E-state index in [1.54, 1.807) is 49.4 Å². The Morgan fingerprint density at radius 2 is 1.81 bits per heavy atom. The zero-order chi connectivity index (χ0) is 26.7. The van der Waals surface area contributed by atoms with Crippen LogP contribution in [-0.2, 0) is 9.84 Å². The number of carboxylic acid groups (broad SMARTS) is 1. The zero-order valence-electron chi connectivity index (χ0n) is 20.3. The fourth-order valence-corrected chi connectivity index (χ4v) is 6.32. The number of pyridine rings is 1. The number of nitrogens with zero attached hydrogens (tertiary/aromatic N) is 1. The van der Waals surface area contributed by atoms with Gasteiger partial charge in [-0.25, -0.2) is 13.2 Å². The van der Waals surface area contributed by atoms with Crippen LogP contribution in [0.15, 0.2) is 78.0 Å². The van der Waals surface area contributed by atoms with Crippen molar-refractivity contribution >= 4 is 38.6 Å². The lowest BCUT2D eigenvalue weighted by Crippen LogP contribution is -2.23. The van der Waals surface area contributed by atoms with Crippen molar-refractivity contribution in [1.29, 1.82) is 0 Å². The number of Topliss-reactive ketones (excluding diaryl/α,β-unsaturated/α-hetero) is 1. The summed E-state index contributed by atoms with van der Waals surface area (Å²) in [5.74, 6) is -0.790. The van der Waals surface area contributed by atoms with Gasteiger partial charge in [0.1, 0.15) is 5.75 Å². The molecule has 1 atom stereocenters. The number of thiophene rings is 1. The van der Waals surface area contributed by atoms with E-state index in [-0.39, 0.29) is 21.9 Å². The van der Waals surface area contributed by atoms with E-state index in [2.05, 4.69) is 10.3 Å². The highest BCUT2D eigenvalue weighted by molar-refractivity contribution is 7.91. The summed E-state index contributed by atoms with van der Waals surface area (Å²) >= 11 is 1.27. The standard InChI is InChI=1S/C27H24N2O6S2/c1-16-13-19(24-11-10-23(36-24)17(2)30)14-22(27(31)32)25(16)29-26(18-5-4-12-28-15-18)37(33,34)21-8-6-20(35-3)7-9-21/h4-15,26,29H,1-3H3,(H,31,32). The van der Waals surface area contributed by atoms with Gasteiger partial charge in [0.2, 0.25) is 9.84 Å².